The van der Waals surface area contributed by atoms with Crippen molar-refractivity contribution < 1.29 is 4.52 Å². The Kier molecular flexibility index (Phi) is 2.40. The van der Waals surface area contributed by atoms with Crippen molar-refractivity contribution in [2.24, 2.45) is 0 Å². The van der Waals surface area contributed by atoms with Crippen LogP contribution in [0.2, 0.25) is 0 Å². The van der Waals surface area contributed by atoms with Gasteiger partial charge in [-0.1, -0.05) is 5.16 Å². The Hall–Kier alpha value is -1.75. The molecule has 3 rings (SSSR count). The largest absolute Gasteiger partial charge is 0.337 e. The topological polar surface area (TPSA) is 63.8 Å². The predicted octanol–water partition coefficient (Wildman–Crippen LogP) is 1.73. The maximum absolute atomic E-state index is 5.35. The third kappa shape index (κ3) is 1.82. The number of hydrogen-bond acceptors (Lipinski definition) is 5. The second-order valence-corrected chi connectivity index (χ2v) is 4.53. The molecule has 2 aromatic rings. The molecule has 5 heteroatoms. The van der Waals surface area contributed by atoms with E-state index < -0.39 is 0 Å². The molecule has 0 spiro atoms. The highest BCUT2D eigenvalue weighted by Crippen LogP contribution is 2.30. The van der Waals surface area contributed by atoms with Gasteiger partial charge >= 0.3 is 0 Å². The summed E-state index contributed by atoms with van der Waals surface area (Å²) in [5, 5.41) is 7.41. The predicted molar refractivity (Wildman–Crippen MR) is 62.1 cm³/mol. The van der Waals surface area contributed by atoms with Crippen LogP contribution in [0.3, 0.4) is 0 Å². The number of nitrogens with one attached hydrogen (secondary N) is 1. The van der Waals surface area contributed by atoms with Gasteiger partial charge < -0.3 is 9.84 Å². The molecule has 2 aromatic heterocycles. The zero-order valence-corrected chi connectivity index (χ0v) is 9.68. The van der Waals surface area contributed by atoms with Gasteiger partial charge in [0, 0.05) is 18.0 Å². The van der Waals surface area contributed by atoms with Gasteiger partial charge in [-0.15, -0.1) is 0 Å². The summed E-state index contributed by atoms with van der Waals surface area (Å²) < 4.78 is 5.35. The Morgan fingerprint density at radius 1 is 1.47 bits per heavy atom. The maximum atomic E-state index is 5.35. The molecule has 0 radical (unpaired) electrons. The van der Waals surface area contributed by atoms with Crippen LogP contribution < -0.4 is 5.32 Å². The normalized spacial score (nSPS) is 24.1. The Bertz CT molecular complexity index is 502. The highest BCUT2D eigenvalue weighted by atomic mass is 16.5. The second kappa shape index (κ2) is 3.92. The molecule has 17 heavy (non-hydrogen) atoms. The van der Waals surface area contributed by atoms with E-state index in [1.165, 1.54) is 0 Å². The fourth-order valence-electron chi connectivity index (χ4n) is 2.14. The van der Waals surface area contributed by atoms with Gasteiger partial charge in [-0.2, -0.15) is 4.98 Å². The number of nitrogens with zero attached hydrogens (tertiary/aromatic N) is 3. The standard InChI is InChI=1S/C12H14N4O/c1-12(5-3-7-14-12)11-15-10(16-17-11)9-4-2-6-13-8-9/h2,4,6,8,14H,3,5,7H2,1H3. The first-order valence-electron chi connectivity index (χ1n) is 5.78. The minimum Gasteiger partial charge on any atom is -0.337 e. The summed E-state index contributed by atoms with van der Waals surface area (Å²) in [7, 11) is 0. The molecule has 0 saturated carbocycles. The summed E-state index contributed by atoms with van der Waals surface area (Å²) in [6.07, 6.45) is 5.63. The zero-order valence-electron chi connectivity index (χ0n) is 9.68. The van der Waals surface area contributed by atoms with E-state index in [1.54, 1.807) is 12.4 Å². The third-order valence-electron chi connectivity index (χ3n) is 3.19. The van der Waals surface area contributed by atoms with E-state index in [-0.39, 0.29) is 5.54 Å². The van der Waals surface area contributed by atoms with Crippen LogP contribution in [0, 0.1) is 0 Å². The maximum Gasteiger partial charge on any atom is 0.246 e. The van der Waals surface area contributed by atoms with E-state index in [1.807, 2.05) is 12.1 Å². The molecule has 88 valence electrons. The van der Waals surface area contributed by atoms with Gasteiger partial charge in [-0.05, 0) is 38.4 Å². The molecular formula is C12H14N4O. The molecule has 1 aliphatic rings. The van der Waals surface area contributed by atoms with Crippen LogP contribution in [0.1, 0.15) is 25.7 Å². The first-order chi connectivity index (χ1) is 8.28. The second-order valence-electron chi connectivity index (χ2n) is 4.53. The molecule has 3 heterocycles. The van der Waals surface area contributed by atoms with E-state index in [4.69, 9.17) is 4.52 Å². The van der Waals surface area contributed by atoms with Crippen molar-refractivity contribution in [3.63, 3.8) is 0 Å². The van der Waals surface area contributed by atoms with Gasteiger partial charge in [-0.3, -0.25) is 4.98 Å². The fraction of sp³-hybridized carbons (Fsp3) is 0.417. The fourth-order valence-corrected chi connectivity index (χ4v) is 2.14. The summed E-state index contributed by atoms with van der Waals surface area (Å²) in [5.74, 6) is 1.26. The Morgan fingerprint density at radius 2 is 2.41 bits per heavy atom. The van der Waals surface area contributed by atoms with Crippen molar-refractivity contribution in [1.82, 2.24) is 20.4 Å². The molecule has 5 nitrogen and oxygen atoms in total. The molecular weight excluding hydrogens is 216 g/mol. The minimum atomic E-state index is -0.173. The van der Waals surface area contributed by atoms with Crippen LogP contribution in [0.5, 0.6) is 0 Å². The first-order valence-corrected chi connectivity index (χ1v) is 5.78. The molecule has 1 fully saturated rings. The molecule has 1 unspecified atom stereocenters. The van der Waals surface area contributed by atoms with E-state index in [2.05, 4.69) is 27.4 Å². The van der Waals surface area contributed by atoms with Crippen LogP contribution in [0.15, 0.2) is 29.0 Å². The third-order valence-corrected chi connectivity index (χ3v) is 3.19. The molecule has 1 saturated heterocycles. The van der Waals surface area contributed by atoms with Crippen LogP contribution in [0.4, 0.5) is 0 Å². The van der Waals surface area contributed by atoms with Crippen molar-refractivity contribution in [2.45, 2.75) is 25.3 Å². The van der Waals surface area contributed by atoms with Crippen LogP contribution in [-0.2, 0) is 5.54 Å². The smallest absolute Gasteiger partial charge is 0.246 e. The van der Waals surface area contributed by atoms with Crippen molar-refractivity contribution in [1.29, 1.82) is 0 Å². The molecule has 0 aromatic carbocycles. The van der Waals surface area contributed by atoms with Crippen molar-refractivity contribution >= 4 is 0 Å². The molecule has 1 aliphatic heterocycles. The first kappa shape index (κ1) is 10.4. The molecule has 1 atom stereocenters. The Balaban J connectivity index is 1.93. The van der Waals surface area contributed by atoms with Gasteiger partial charge in [-0.25, -0.2) is 0 Å². The van der Waals surface area contributed by atoms with Gasteiger partial charge in [0.1, 0.15) is 0 Å². The van der Waals surface area contributed by atoms with Crippen molar-refractivity contribution in [3.05, 3.63) is 30.4 Å². The number of aromatic nitrogens is 3. The molecule has 1 N–H and O–H groups in total. The van der Waals surface area contributed by atoms with E-state index in [0.29, 0.717) is 11.7 Å². The van der Waals surface area contributed by atoms with Crippen LogP contribution >= 0.6 is 0 Å². The summed E-state index contributed by atoms with van der Waals surface area (Å²) in [6.45, 7) is 3.10. The van der Waals surface area contributed by atoms with Crippen molar-refractivity contribution in [2.75, 3.05) is 6.54 Å². The van der Waals surface area contributed by atoms with Crippen LogP contribution in [-0.4, -0.2) is 21.7 Å². The monoisotopic (exact) mass is 230 g/mol. The average Bonchev–Trinajstić information content (AvgIpc) is 2.99. The van der Waals surface area contributed by atoms with E-state index in [0.717, 1.165) is 24.9 Å². The molecule has 0 aliphatic carbocycles. The Labute approximate surface area is 99.3 Å². The van der Waals surface area contributed by atoms with Gasteiger partial charge in [0.25, 0.3) is 0 Å². The number of hydrogen-bond donors (Lipinski definition) is 1. The summed E-state index contributed by atoms with van der Waals surface area (Å²) in [4.78, 5) is 8.50. The van der Waals surface area contributed by atoms with Gasteiger partial charge in [0.05, 0.1) is 5.54 Å². The average molecular weight is 230 g/mol. The lowest BCUT2D eigenvalue weighted by Crippen LogP contribution is -2.33. The molecule has 0 bridgehead atoms. The highest BCUT2D eigenvalue weighted by molar-refractivity contribution is 5.52. The van der Waals surface area contributed by atoms with E-state index >= 15 is 0 Å². The van der Waals surface area contributed by atoms with Crippen LogP contribution in [0.25, 0.3) is 11.4 Å². The summed E-state index contributed by atoms with van der Waals surface area (Å²) in [6, 6.07) is 3.78. The number of pyridine rings is 1. The Morgan fingerprint density at radius 3 is 3.12 bits per heavy atom. The SMILES string of the molecule is CC1(c2nc(-c3cccnc3)no2)CCCN1. The summed E-state index contributed by atoms with van der Waals surface area (Å²) in [5.41, 5.74) is 0.706. The lowest BCUT2D eigenvalue weighted by Gasteiger charge is -2.18. The molecule has 0 amide bonds. The highest BCUT2D eigenvalue weighted by Gasteiger charge is 2.35. The summed E-state index contributed by atoms with van der Waals surface area (Å²) >= 11 is 0. The minimum absolute atomic E-state index is 0.173. The lowest BCUT2D eigenvalue weighted by atomic mass is 10.0. The van der Waals surface area contributed by atoms with E-state index in [9.17, 15) is 0 Å². The van der Waals surface area contributed by atoms with Crippen molar-refractivity contribution in [3.8, 4) is 11.4 Å². The lowest BCUT2D eigenvalue weighted by molar-refractivity contribution is 0.275. The zero-order chi connectivity index (χ0) is 11.7. The van der Waals surface area contributed by atoms with Gasteiger partial charge in [0.15, 0.2) is 0 Å². The van der Waals surface area contributed by atoms with Gasteiger partial charge in [0.2, 0.25) is 11.7 Å². The quantitative estimate of drug-likeness (QED) is 0.851. The number of rotatable bonds is 2.